The normalized spacial score (nSPS) is 15.7. The topological polar surface area (TPSA) is 37.6 Å². The molecule has 0 bridgehead atoms. The van der Waals surface area contributed by atoms with Gasteiger partial charge in [-0.15, -0.1) is 0 Å². The predicted octanol–water partition coefficient (Wildman–Crippen LogP) is 5.61. The number of fused-ring (bicyclic) bond motifs is 2. The lowest BCUT2D eigenvalue weighted by Gasteiger charge is -2.21. The summed E-state index contributed by atoms with van der Waals surface area (Å²) in [5.74, 6) is -0.00521. The van der Waals surface area contributed by atoms with E-state index in [1.807, 2.05) is 39.8 Å². The first-order valence-corrected chi connectivity index (χ1v) is 10.7. The Morgan fingerprint density at radius 3 is 2.61 bits per heavy atom. The van der Waals surface area contributed by atoms with Crippen LogP contribution < -0.4 is 4.90 Å². The molecule has 1 atom stereocenters. The Labute approximate surface area is 182 Å². The van der Waals surface area contributed by atoms with Crippen LogP contribution in [0.25, 0.3) is 23.0 Å². The molecule has 0 saturated carbocycles. The summed E-state index contributed by atoms with van der Waals surface area (Å²) in [5.41, 5.74) is 8.30. The zero-order valence-electron chi connectivity index (χ0n) is 18.0. The number of hydrogen-bond acceptors (Lipinski definition) is 2. The molecule has 0 aliphatic carbocycles. The third-order valence-electron chi connectivity index (χ3n) is 5.97. The van der Waals surface area contributed by atoms with Gasteiger partial charge in [0.25, 0.3) is 5.91 Å². The molecule has 154 valence electrons. The zero-order valence-corrected chi connectivity index (χ0v) is 18.0. The number of carbonyl (C=O) groups excluding carboxylic acids is 1. The van der Waals surface area contributed by atoms with Gasteiger partial charge in [0.15, 0.2) is 0 Å². The quantitative estimate of drug-likeness (QED) is 0.414. The number of carbonyl (C=O) groups is 1. The number of aromatic nitrogens is 2. The largest absolute Gasteiger partial charge is 0.305 e. The van der Waals surface area contributed by atoms with E-state index < -0.39 is 0 Å². The highest BCUT2D eigenvalue weighted by Gasteiger charge is 2.29. The molecule has 1 aliphatic heterocycles. The van der Waals surface area contributed by atoms with E-state index in [-0.39, 0.29) is 11.9 Å². The number of aryl methyl sites for hydroxylation is 2. The summed E-state index contributed by atoms with van der Waals surface area (Å²) in [5, 5.41) is 0. The molecule has 4 nitrogen and oxygen atoms in total. The van der Waals surface area contributed by atoms with E-state index in [0.717, 1.165) is 40.3 Å². The molecule has 3 heterocycles. The molecule has 0 saturated heterocycles. The number of anilines is 1. The number of imidazole rings is 1. The molecular formula is C27H25N3O. The van der Waals surface area contributed by atoms with Crippen LogP contribution in [0.1, 0.15) is 29.3 Å². The summed E-state index contributed by atoms with van der Waals surface area (Å²) >= 11 is 0. The van der Waals surface area contributed by atoms with Gasteiger partial charge in [-0.1, -0.05) is 48.0 Å². The smallest absolute Gasteiger partial charge is 0.251 e. The van der Waals surface area contributed by atoms with Gasteiger partial charge in [0.2, 0.25) is 0 Å². The maximum atomic E-state index is 13.2. The van der Waals surface area contributed by atoms with Crippen molar-refractivity contribution in [3.05, 3.63) is 95.3 Å². The molecule has 5 rings (SSSR count). The van der Waals surface area contributed by atoms with E-state index in [4.69, 9.17) is 4.98 Å². The highest BCUT2D eigenvalue weighted by Crippen LogP contribution is 2.32. The van der Waals surface area contributed by atoms with Crippen molar-refractivity contribution in [2.75, 3.05) is 4.90 Å². The number of amides is 1. The number of pyridine rings is 1. The number of para-hydroxylation sites is 1. The fourth-order valence-corrected chi connectivity index (χ4v) is 4.38. The van der Waals surface area contributed by atoms with E-state index >= 15 is 0 Å². The van der Waals surface area contributed by atoms with Crippen molar-refractivity contribution in [3.63, 3.8) is 0 Å². The maximum absolute atomic E-state index is 13.2. The molecule has 4 aromatic rings. The van der Waals surface area contributed by atoms with Crippen LogP contribution in [0.3, 0.4) is 0 Å². The molecule has 4 heteroatoms. The second kappa shape index (κ2) is 7.55. The van der Waals surface area contributed by atoms with Crippen molar-refractivity contribution < 1.29 is 4.79 Å². The first-order valence-electron chi connectivity index (χ1n) is 10.7. The van der Waals surface area contributed by atoms with Crippen LogP contribution in [0.15, 0.2) is 72.9 Å². The standard InChI is InChI=1S/C27H25N3O/c1-18-8-10-21(11-9-18)27-24(29-15-14-19(2)16-25(29)28-27)12-13-26(31)30-20(3)17-22-6-4-5-7-23(22)30/h4-16,20H,17H2,1-3H3/b13-12+. The van der Waals surface area contributed by atoms with Gasteiger partial charge in [-0.3, -0.25) is 9.20 Å². The summed E-state index contributed by atoms with van der Waals surface area (Å²) in [7, 11) is 0. The summed E-state index contributed by atoms with van der Waals surface area (Å²) in [6.07, 6.45) is 6.49. The van der Waals surface area contributed by atoms with Crippen LogP contribution in [0.5, 0.6) is 0 Å². The van der Waals surface area contributed by atoms with Crippen LogP contribution in [-0.4, -0.2) is 21.3 Å². The van der Waals surface area contributed by atoms with Crippen molar-refractivity contribution in [3.8, 4) is 11.3 Å². The van der Waals surface area contributed by atoms with Gasteiger partial charge in [-0.05, 0) is 62.6 Å². The van der Waals surface area contributed by atoms with Crippen LogP contribution in [-0.2, 0) is 11.2 Å². The molecule has 31 heavy (non-hydrogen) atoms. The SMILES string of the molecule is Cc1ccc(-c2nc3cc(C)ccn3c2/C=C/C(=O)N2c3ccccc3CC2C)cc1. The predicted molar refractivity (Wildman–Crippen MR) is 126 cm³/mol. The third-order valence-corrected chi connectivity index (χ3v) is 5.97. The van der Waals surface area contributed by atoms with E-state index in [1.54, 1.807) is 6.08 Å². The minimum Gasteiger partial charge on any atom is -0.305 e. The zero-order chi connectivity index (χ0) is 21.5. The summed E-state index contributed by atoms with van der Waals surface area (Å²) < 4.78 is 2.05. The Kier molecular flexibility index (Phi) is 4.70. The second-order valence-electron chi connectivity index (χ2n) is 8.37. The average molecular weight is 408 g/mol. The second-order valence-corrected chi connectivity index (χ2v) is 8.37. The lowest BCUT2D eigenvalue weighted by atomic mass is 10.1. The lowest BCUT2D eigenvalue weighted by molar-refractivity contribution is -0.114. The van der Waals surface area contributed by atoms with E-state index in [9.17, 15) is 4.79 Å². The Morgan fingerprint density at radius 2 is 1.81 bits per heavy atom. The highest BCUT2D eigenvalue weighted by molar-refractivity contribution is 6.06. The van der Waals surface area contributed by atoms with Gasteiger partial charge < -0.3 is 4.90 Å². The van der Waals surface area contributed by atoms with Crippen LogP contribution in [0.2, 0.25) is 0 Å². The van der Waals surface area contributed by atoms with Crippen molar-refractivity contribution in [1.29, 1.82) is 0 Å². The van der Waals surface area contributed by atoms with Crippen molar-refractivity contribution in [1.82, 2.24) is 9.38 Å². The average Bonchev–Trinajstić information content (AvgIpc) is 3.28. The van der Waals surface area contributed by atoms with Gasteiger partial charge in [0, 0.05) is 29.6 Å². The molecule has 0 spiro atoms. The molecule has 1 unspecified atom stereocenters. The lowest BCUT2D eigenvalue weighted by Crippen LogP contribution is -2.34. The highest BCUT2D eigenvalue weighted by atomic mass is 16.2. The Morgan fingerprint density at radius 1 is 1.03 bits per heavy atom. The Balaban J connectivity index is 1.57. The molecule has 0 fully saturated rings. The molecule has 1 aliphatic rings. The molecule has 0 N–H and O–H groups in total. The summed E-state index contributed by atoms with van der Waals surface area (Å²) in [6.45, 7) is 6.23. The van der Waals surface area contributed by atoms with Gasteiger partial charge in [0.05, 0.1) is 11.4 Å². The minimum atomic E-state index is -0.00521. The molecule has 1 amide bonds. The Hall–Kier alpha value is -3.66. The summed E-state index contributed by atoms with van der Waals surface area (Å²) in [4.78, 5) is 20.0. The first kappa shape index (κ1) is 19.3. The molecular weight excluding hydrogens is 382 g/mol. The number of nitrogens with zero attached hydrogens (tertiary/aromatic N) is 3. The monoisotopic (exact) mass is 407 g/mol. The maximum Gasteiger partial charge on any atom is 0.251 e. The van der Waals surface area contributed by atoms with Crippen LogP contribution in [0, 0.1) is 13.8 Å². The Bertz CT molecular complexity index is 1310. The third kappa shape index (κ3) is 3.44. The van der Waals surface area contributed by atoms with Gasteiger partial charge >= 0.3 is 0 Å². The van der Waals surface area contributed by atoms with Gasteiger partial charge in [0.1, 0.15) is 5.65 Å². The molecule has 0 radical (unpaired) electrons. The van der Waals surface area contributed by atoms with E-state index in [1.165, 1.54) is 11.1 Å². The first-order chi connectivity index (χ1) is 15.0. The minimum absolute atomic E-state index is 0.00521. The fourth-order valence-electron chi connectivity index (χ4n) is 4.38. The van der Waals surface area contributed by atoms with Crippen molar-refractivity contribution >= 4 is 23.3 Å². The van der Waals surface area contributed by atoms with E-state index in [2.05, 4.69) is 63.2 Å². The molecule has 2 aromatic carbocycles. The fraction of sp³-hybridized carbons (Fsp3) is 0.185. The number of hydrogen-bond donors (Lipinski definition) is 0. The van der Waals surface area contributed by atoms with E-state index in [0.29, 0.717) is 0 Å². The number of rotatable bonds is 3. The van der Waals surface area contributed by atoms with Crippen LogP contribution >= 0.6 is 0 Å². The van der Waals surface area contributed by atoms with Gasteiger partial charge in [-0.25, -0.2) is 4.98 Å². The van der Waals surface area contributed by atoms with Crippen molar-refractivity contribution in [2.24, 2.45) is 0 Å². The summed E-state index contributed by atoms with van der Waals surface area (Å²) in [6, 6.07) is 20.8. The molecule has 2 aromatic heterocycles. The van der Waals surface area contributed by atoms with Crippen LogP contribution in [0.4, 0.5) is 5.69 Å². The van der Waals surface area contributed by atoms with Gasteiger partial charge in [-0.2, -0.15) is 0 Å². The number of benzene rings is 2. The van der Waals surface area contributed by atoms with Crippen molar-refractivity contribution in [2.45, 2.75) is 33.2 Å².